The van der Waals surface area contributed by atoms with Gasteiger partial charge in [-0.05, 0) is 72.0 Å². The number of anilines is 1. The van der Waals surface area contributed by atoms with Gasteiger partial charge in [-0.3, -0.25) is 10.1 Å². The van der Waals surface area contributed by atoms with E-state index in [1.54, 1.807) is 12.1 Å². The summed E-state index contributed by atoms with van der Waals surface area (Å²) < 4.78 is 6.04. The number of nitrogens with one attached hydrogen (secondary N) is 1. The number of rotatable bonds is 5. The number of benzene rings is 2. The van der Waals surface area contributed by atoms with E-state index in [1.807, 2.05) is 60.6 Å². The van der Waals surface area contributed by atoms with Crippen LogP contribution in [-0.2, 0) is 14.3 Å². The number of nitro benzene ring substituents is 1. The fraction of sp³-hybridized carbons (Fsp3) is 0.529. The molecule has 9 nitrogen and oxygen atoms in total. The molecular formula is C34H56B2N4O5. The fourth-order valence-electron chi connectivity index (χ4n) is 4.98. The highest BCUT2D eigenvalue weighted by Crippen LogP contribution is 2.47. The van der Waals surface area contributed by atoms with Crippen molar-refractivity contribution in [3.05, 3.63) is 75.8 Å². The van der Waals surface area contributed by atoms with Gasteiger partial charge in [0.25, 0.3) is 5.69 Å². The van der Waals surface area contributed by atoms with Crippen LogP contribution in [0.25, 0.3) is 5.70 Å². The predicted molar refractivity (Wildman–Crippen MR) is 192 cm³/mol. The Balaban J connectivity index is -0.000000699. The second-order valence-corrected chi connectivity index (χ2v) is 10.8. The van der Waals surface area contributed by atoms with Gasteiger partial charge in [0.15, 0.2) is 0 Å². The molecule has 2 heterocycles. The van der Waals surface area contributed by atoms with Crippen LogP contribution in [0.5, 0.6) is 0 Å². The maximum absolute atomic E-state index is 10.1. The van der Waals surface area contributed by atoms with E-state index < -0.39 is 4.92 Å². The molecule has 2 saturated heterocycles. The third-order valence-corrected chi connectivity index (χ3v) is 6.84. The maximum atomic E-state index is 10.1. The van der Waals surface area contributed by atoms with E-state index in [1.165, 1.54) is 42.7 Å². The summed E-state index contributed by atoms with van der Waals surface area (Å²) in [5.41, 5.74) is 11.3. The van der Waals surface area contributed by atoms with Crippen LogP contribution in [0.1, 0.15) is 77.8 Å². The standard InChI is InChI=1S/C21H32N2O.C7H7NO2.C2H7N.C2H6.2CH2O.B2/c1-4-5-10-19(17-8-6-7-9-18(17)22)23-13-11-21(12-14-23)15-20(2,3)24-16-21;1-6-2-4-7(5-3-6)8(9)10;1-3-2;4*1-2/h6-10H,4-5,11-16,22H2,1-3H3;2-5H,1H3;3H,1-2H3;1-2H3;2*1H2;/b19-10+;;;;;;. The van der Waals surface area contributed by atoms with Crippen LogP contribution in [0.4, 0.5) is 11.4 Å². The number of aryl methyl sites for hydroxylation is 1. The summed E-state index contributed by atoms with van der Waals surface area (Å²) in [4.78, 5) is 28.3. The molecule has 0 atom stereocenters. The van der Waals surface area contributed by atoms with Crippen molar-refractivity contribution in [3.63, 3.8) is 0 Å². The van der Waals surface area contributed by atoms with Crippen molar-refractivity contribution in [1.82, 2.24) is 10.2 Å². The molecule has 2 aliphatic rings. The summed E-state index contributed by atoms with van der Waals surface area (Å²) in [5, 5.41) is 12.9. The van der Waals surface area contributed by atoms with Gasteiger partial charge in [0.1, 0.15) is 13.6 Å². The predicted octanol–water partition coefficient (Wildman–Crippen LogP) is 6.32. The van der Waals surface area contributed by atoms with Crippen molar-refractivity contribution in [2.75, 3.05) is 39.5 Å². The van der Waals surface area contributed by atoms with Crippen LogP contribution in [0.2, 0.25) is 0 Å². The summed E-state index contributed by atoms with van der Waals surface area (Å²) >= 11 is 0. The molecule has 248 valence electrons. The Morgan fingerprint density at radius 1 is 1.04 bits per heavy atom. The van der Waals surface area contributed by atoms with Gasteiger partial charge in [-0.1, -0.05) is 69.2 Å². The van der Waals surface area contributed by atoms with E-state index in [0.29, 0.717) is 5.41 Å². The Kier molecular flexibility index (Phi) is 27.5. The number of non-ortho nitro benzene ring substituents is 1. The Hall–Kier alpha value is -3.43. The molecule has 3 N–H and O–H groups in total. The highest BCUT2D eigenvalue weighted by Gasteiger charge is 2.46. The fourth-order valence-corrected chi connectivity index (χ4v) is 4.98. The van der Waals surface area contributed by atoms with Crippen molar-refractivity contribution in [2.45, 2.75) is 79.2 Å². The molecule has 2 aromatic carbocycles. The van der Waals surface area contributed by atoms with Crippen molar-refractivity contribution >= 4 is 46.1 Å². The number of carbonyl (C=O) groups excluding carboxylic acids is 2. The number of nitrogens with zero attached hydrogens (tertiary/aromatic N) is 2. The number of ether oxygens (including phenoxy) is 1. The van der Waals surface area contributed by atoms with Crippen LogP contribution in [0, 0.1) is 22.5 Å². The van der Waals surface area contributed by atoms with E-state index in [4.69, 9.17) is 20.1 Å². The number of allylic oxidation sites excluding steroid dienone is 1. The van der Waals surface area contributed by atoms with Gasteiger partial charge < -0.3 is 30.3 Å². The first-order valence-corrected chi connectivity index (χ1v) is 15.2. The van der Waals surface area contributed by atoms with Crippen molar-refractivity contribution in [3.8, 4) is 0 Å². The molecule has 2 fully saturated rings. The third kappa shape index (κ3) is 17.6. The summed E-state index contributed by atoms with van der Waals surface area (Å²) in [6, 6.07) is 14.7. The van der Waals surface area contributed by atoms with Crippen molar-refractivity contribution < 1.29 is 19.2 Å². The largest absolute Gasteiger partial charge is 0.398 e. The number of unbranched alkanes of at least 4 members (excludes halogenated alkanes) is 1. The molecule has 45 heavy (non-hydrogen) atoms. The molecule has 2 aromatic rings. The van der Waals surface area contributed by atoms with Gasteiger partial charge in [0.2, 0.25) is 0 Å². The summed E-state index contributed by atoms with van der Waals surface area (Å²) in [5.74, 6) is 0. The van der Waals surface area contributed by atoms with Crippen LogP contribution >= 0.6 is 0 Å². The average molecular weight is 622 g/mol. The van der Waals surface area contributed by atoms with Gasteiger partial charge in [0.05, 0.1) is 17.1 Å². The summed E-state index contributed by atoms with van der Waals surface area (Å²) in [6.45, 7) is 19.7. The smallest absolute Gasteiger partial charge is 0.269 e. The first kappa shape index (κ1) is 46.0. The monoisotopic (exact) mass is 622 g/mol. The average Bonchev–Trinajstić information content (AvgIpc) is 3.37. The van der Waals surface area contributed by atoms with E-state index >= 15 is 0 Å². The normalized spacial score (nSPS) is 15.1. The topological polar surface area (TPSA) is 128 Å². The minimum absolute atomic E-state index is 0.0485. The molecular weight excluding hydrogens is 566 g/mol. The molecule has 0 saturated carbocycles. The highest BCUT2D eigenvalue weighted by molar-refractivity contribution is 6.75. The zero-order chi connectivity index (χ0) is 35.5. The number of hydrogen-bond acceptors (Lipinski definition) is 8. The zero-order valence-corrected chi connectivity index (χ0v) is 28.9. The zero-order valence-electron chi connectivity index (χ0n) is 28.9. The van der Waals surface area contributed by atoms with E-state index in [2.05, 4.69) is 64.7 Å². The van der Waals surface area contributed by atoms with Gasteiger partial charge in [-0.15, -0.1) is 0 Å². The second-order valence-electron chi connectivity index (χ2n) is 10.8. The van der Waals surface area contributed by atoms with E-state index in [9.17, 15) is 10.1 Å². The lowest BCUT2D eigenvalue weighted by Crippen LogP contribution is -2.40. The Morgan fingerprint density at radius 3 is 1.93 bits per heavy atom. The lowest BCUT2D eigenvalue weighted by atomic mass is 9.74. The van der Waals surface area contributed by atoms with Crippen molar-refractivity contribution in [2.24, 2.45) is 5.41 Å². The number of nitrogens with two attached hydrogens (primary N) is 1. The minimum atomic E-state index is -0.403. The molecule has 0 unspecified atom stereocenters. The number of likely N-dealkylation sites (tertiary alicyclic amines) is 1. The van der Waals surface area contributed by atoms with E-state index in [0.717, 1.165) is 43.8 Å². The van der Waals surface area contributed by atoms with Crippen LogP contribution in [0.15, 0.2) is 54.6 Å². The van der Waals surface area contributed by atoms with Gasteiger partial charge >= 0.3 is 0 Å². The molecule has 4 rings (SSSR count). The molecule has 0 aliphatic carbocycles. The first-order chi connectivity index (χ1) is 21.6. The molecule has 0 aromatic heterocycles. The summed E-state index contributed by atoms with van der Waals surface area (Å²) in [7, 11) is 11.8. The van der Waals surface area contributed by atoms with Crippen molar-refractivity contribution in [1.29, 1.82) is 0 Å². The van der Waals surface area contributed by atoms with Crippen LogP contribution in [-0.4, -0.2) is 78.3 Å². The number of hydrogen-bond donors (Lipinski definition) is 2. The Bertz CT molecular complexity index is 1060. The van der Waals surface area contributed by atoms with E-state index in [-0.39, 0.29) is 11.3 Å². The molecule has 1 spiro atoms. The SMILES string of the molecule is C=O.C=O.CC.CCC/C=C(\c1ccccc1N)N1CCC2(CC1)COC(C)(C)C2.CNC.Cc1ccc([N+](=O)[O-])cc1.[B][B]. The molecule has 11 heteroatoms. The van der Waals surface area contributed by atoms with Gasteiger partial charge in [-0.25, -0.2) is 0 Å². The Labute approximate surface area is 275 Å². The van der Waals surface area contributed by atoms with Gasteiger partial charge in [0, 0.05) is 57.6 Å². The number of nitrogen functional groups attached to an aromatic ring is 1. The number of piperidine rings is 1. The minimum Gasteiger partial charge on any atom is -0.398 e. The quantitative estimate of drug-likeness (QED) is 0.172. The number of para-hydroxylation sites is 1. The lowest BCUT2D eigenvalue weighted by molar-refractivity contribution is -0.384. The number of nitro groups is 1. The highest BCUT2D eigenvalue weighted by atomic mass is 16.6. The molecule has 4 radical (unpaired) electrons. The van der Waals surface area contributed by atoms with Crippen LogP contribution < -0.4 is 11.1 Å². The lowest BCUT2D eigenvalue weighted by Gasteiger charge is -2.41. The third-order valence-electron chi connectivity index (χ3n) is 6.84. The molecule has 0 amide bonds. The summed E-state index contributed by atoms with van der Waals surface area (Å²) in [6.07, 6.45) is 8.25. The number of carbonyl (C=O) groups is 2. The van der Waals surface area contributed by atoms with Crippen LogP contribution in [0.3, 0.4) is 0 Å². The maximum Gasteiger partial charge on any atom is 0.269 e. The molecule has 2 aliphatic heterocycles. The first-order valence-electron chi connectivity index (χ1n) is 15.2. The van der Waals surface area contributed by atoms with Gasteiger partial charge in [-0.2, -0.15) is 0 Å². The Morgan fingerprint density at radius 2 is 1.53 bits per heavy atom. The molecule has 0 bridgehead atoms. The second kappa shape index (κ2) is 26.9.